The molecule has 3 heteroatoms. The minimum atomic E-state index is -0.280. The predicted molar refractivity (Wildman–Crippen MR) is 66.1 cm³/mol. The Morgan fingerprint density at radius 3 is 2.47 bits per heavy atom. The SMILES string of the molecule is C=CCC(C)NCC(O)CN(CC)CC. The van der Waals surface area contributed by atoms with Gasteiger partial charge >= 0.3 is 0 Å². The molecule has 0 aromatic rings. The van der Waals surface area contributed by atoms with Gasteiger partial charge in [-0.1, -0.05) is 19.9 Å². The summed E-state index contributed by atoms with van der Waals surface area (Å²) in [5, 5.41) is 13.1. The number of aliphatic hydroxyl groups excluding tert-OH is 1. The van der Waals surface area contributed by atoms with E-state index in [-0.39, 0.29) is 6.10 Å². The highest BCUT2D eigenvalue weighted by atomic mass is 16.3. The summed E-state index contributed by atoms with van der Waals surface area (Å²) in [6, 6.07) is 0.397. The van der Waals surface area contributed by atoms with Crippen LogP contribution in [0.1, 0.15) is 27.2 Å². The Hall–Kier alpha value is -0.380. The molecule has 0 aromatic carbocycles. The number of rotatable bonds is 9. The molecule has 0 heterocycles. The summed E-state index contributed by atoms with van der Waals surface area (Å²) in [4.78, 5) is 2.23. The highest BCUT2D eigenvalue weighted by molar-refractivity contribution is 4.76. The molecule has 0 aliphatic heterocycles. The molecule has 15 heavy (non-hydrogen) atoms. The van der Waals surface area contributed by atoms with E-state index in [1.165, 1.54) is 0 Å². The van der Waals surface area contributed by atoms with Crippen molar-refractivity contribution in [1.82, 2.24) is 10.2 Å². The Morgan fingerprint density at radius 2 is 2.00 bits per heavy atom. The van der Waals surface area contributed by atoms with E-state index >= 15 is 0 Å². The average molecular weight is 214 g/mol. The minimum absolute atomic E-state index is 0.280. The Bertz CT molecular complexity index is 158. The van der Waals surface area contributed by atoms with E-state index in [0.29, 0.717) is 12.6 Å². The molecule has 0 spiro atoms. The minimum Gasteiger partial charge on any atom is -0.390 e. The van der Waals surface area contributed by atoms with Gasteiger partial charge in [0.2, 0.25) is 0 Å². The molecule has 0 radical (unpaired) electrons. The van der Waals surface area contributed by atoms with Crippen molar-refractivity contribution < 1.29 is 5.11 Å². The van der Waals surface area contributed by atoms with Gasteiger partial charge in [-0.05, 0) is 26.4 Å². The number of nitrogens with one attached hydrogen (secondary N) is 1. The zero-order valence-electron chi connectivity index (χ0n) is 10.4. The van der Waals surface area contributed by atoms with Gasteiger partial charge in [0.25, 0.3) is 0 Å². The average Bonchev–Trinajstić information content (AvgIpc) is 2.23. The van der Waals surface area contributed by atoms with Crippen molar-refractivity contribution in [3.8, 4) is 0 Å². The first kappa shape index (κ1) is 14.6. The number of likely N-dealkylation sites (N-methyl/N-ethyl adjacent to an activating group) is 1. The fraction of sp³-hybridized carbons (Fsp3) is 0.833. The zero-order valence-corrected chi connectivity index (χ0v) is 10.4. The number of nitrogens with zero attached hydrogens (tertiary/aromatic N) is 1. The lowest BCUT2D eigenvalue weighted by atomic mass is 10.2. The third kappa shape index (κ3) is 7.54. The second kappa shape index (κ2) is 8.89. The molecule has 2 atom stereocenters. The van der Waals surface area contributed by atoms with Gasteiger partial charge < -0.3 is 15.3 Å². The summed E-state index contributed by atoms with van der Waals surface area (Å²) < 4.78 is 0. The maximum absolute atomic E-state index is 9.77. The van der Waals surface area contributed by atoms with Crippen LogP contribution in [-0.4, -0.2) is 48.3 Å². The van der Waals surface area contributed by atoms with Crippen LogP contribution in [0.3, 0.4) is 0 Å². The molecule has 0 aliphatic carbocycles. The first-order chi connectivity index (χ1) is 7.13. The zero-order chi connectivity index (χ0) is 11.7. The molecular formula is C12H26N2O. The van der Waals surface area contributed by atoms with Crippen molar-refractivity contribution in [2.75, 3.05) is 26.2 Å². The summed E-state index contributed by atoms with van der Waals surface area (Å²) in [7, 11) is 0. The molecule has 0 saturated heterocycles. The van der Waals surface area contributed by atoms with E-state index in [0.717, 1.165) is 26.1 Å². The second-order valence-corrected chi connectivity index (χ2v) is 3.97. The summed E-state index contributed by atoms with van der Waals surface area (Å²) in [6.07, 6.45) is 2.56. The standard InChI is InChI=1S/C12H26N2O/c1-5-8-11(4)13-9-12(15)10-14(6-2)7-3/h5,11-13,15H,1,6-10H2,2-4H3. The Balaban J connectivity index is 3.63. The van der Waals surface area contributed by atoms with Crippen LogP contribution in [0, 0.1) is 0 Å². The summed E-state index contributed by atoms with van der Waals surface area (Å²) in [5.41, 5.74) is 0. The molecule has 0 aromatic heterocycles. The summed E-state index contributed by atoms with van der Waals surface area (Å²) in [6.45, 7) is 13.4. The molecule has 0 amide bonds. The van der Waals surface area contributed by atoms with Crippen LogP contribution < -0.4 is 5.32 Å². The van der Waals surface area contributed by atoms with Crippen molar-refractivity contribution in [2.24, 2.45) is 0 Å². The summed E-state index contributed by atoms with van der Waals surface area (Å²) >= 11 is 0. The van der Waals surface area contributed by atoms with Crippen molar-refractivity contribution in [1.29, 1.82) is 0 Å². The second-order valence-electron chi connectivity index (χ2n) is 3.97. The van der Waals surface area contributed by atoms with E-state index in [1.807, 2.05) is 6.08 Å². The van der Waals surface area contributed by atoms with Gasteiger partial charge in [0.15, 0.2) is 0 Å². The highest BCUT2D eigenvalue weighted by Crippen LogP contribution is 1.94. The van der Waals surface area contributed by atoms with Crippen LogP contribution in [0.2, 0.25) is 0 Å². The lowest BCUT2D eigenvalue weighted by Gasteiger charge is -2.23. The fourth-order valence-corrected chi connectivity index (χ4v) is 1.51. The van der Waals surface area contributed by atoms with Gasteiger partial charge in [0.05, 0.1) is 6.10 Å². The molecule has 3 nitrogen and oxygen atoms in total. The van der Waals surface area contributed by atoms with Gasteiger partial charge in [-0.15, -0.1) is 6.58 Å². The van der Waals surface area contributed by atoms with Gasteiger partial charge in [-0.3, -0.25) is 0 Å². The summed E-state index contributed by atoms with van der Waals surface area (Å²) in [5.74, 6) is 0. The van der Waals surface area contributed by atoms with Crippen LogP contribution in [0.15, 0.2) is 12.7 Å². The fourth-order valence-electron chi connectivity index (χ4n) is 1.51. The lowest BCUT2D eigenvalue weighted by molar-refractivity contribution is 0.114. The van der Waals surface area contributed by atoms with Crippen molar-refractivity contribution in [3.05, 3.63) is 12.7 Å². The van der Waals surface area contributed by atoms with Crippen molar-refractivity contribution in [3.63, 3.8) is 0 Å². The van der Waals surface area contributed by atoms with Gasteiger partial charge in [0.1, 0.15) is 0 Å². The van der Waals surface area contributed by atoms with Crippen LogP contribution in [0.25, 0.3) is 0 Å². The molecule has 90 valence electrons. The molecule has 0 bridgehead atoms. The quantitative estimate of drug-likeness (QED) is 0.567. The molecule has 0 rings (SSSR count). The molecule has 2 N–H and O–H groups in total. The number of hydrogen-bond donors (Lipinski definition) is 2. The van der Waals surface area contributed by atoms with Gasteiger partial charge in [-0.2, -0.15) is 0 Å². The maximum Gasteiger partial charge on any atom is 0.0791 e. The lowest BCUT2D eigenvalue weighted by Crippen LogP contribution is -2.40. The first-order valence-corrected chi connectivity index (χ1v) is 5.88. The van der Waals surface area contributed by atoms with E-state index in [2.05, 4.69) is 37.6 Å². The Morgan fingerprint density at radius 1 is 1.40 bits per heavy atom. The van der Waals surface area contributed by atoms with Gasteiger partial charge in [0, 0.05) is 19.1 Å². The van der Waals surface area contributed by atoms with Gasteiger partial charge in [-0.25, -0.2) is 0 Å². The normalized spacial score (nSPS) is 15.3. The smallest absolute Gasteiger partial charge is 0.0791 e. The van der Waals surface area contributed by atoms with Crippen LogP contribution in [0.4, 0.5) is 0 Å². The molecule has 0 aliphatic rings. The van der Waals surface area contributed by atoms with Crippen LogP contribution in [-0.2, 0) is 0 Å². The third-order valence-corrected chi connectivity index (χ3v) is 2.59. The van der Waals surface area contributed by atoms with Crippen molar-refractivity contribution in [2.45, 2.75) is 39.3 Å². The molecule has 0 fully saturated rings. The van der Waals surface area contributed by atoms with E-state index in [9.17, 15) is 5.11 Å². The van der Waals surface area contributed by atoms with E-state index in [4.69, 9.17) is 0 Å². The third-order valence-electron chi connectivity index (χ3n) is 2.59. The Labute approximate surface area is 94.2 Å². The van der Waals surface area contributed by atoms with Crippen LogP contribution in [0.5, 0.6) is 0 Å². The number of aliphatic hydroxyl groups is 1. The Kier molecular flexibility index (Phi) is 8.67. The van der Waals surface area contributed by atoms with Crippen molar-refractivity contribution >= 4 is 0 Å². The predicted octanol–water partition coefficient (Wildman–Crippen LogP) is 1.24. The molecule has 2 unspecified atom stereocenters. The van der Waals surface area contributed by atoms with E-state index in [1.54, 1.807) is 0 Å². The molecule has 0 saturated carbocycles. The monoisotopic (exact) mass is 214 g/mol. The highest BCUT2D eigenvalue weighted by Gasteiger charge is 2.09. The number of hydrogen-bond acceptors (Lipinski definition) is 3. The largest absolute Gasteiger partial charge is 0.390 e. The van der Waals surface area contributed by atoms with Crippen LogP contribution >= 0.6 is 0 Å². The first-order valence-electron chi connectivity index (χ1n) is 5.88. The maximum atomic E-state index is 9.77. The molecular weight excluding hydrogens is 188 g/mol. The van der Waals surface area contributed by atoms with E-state index < -0.39 is 0 Å². The topological polar surface area (TPSA) is 35.5 Å².